The number of carboxylic acids is 1. The zero-order valence-corrected chi connectivity index (χ0v) is 14.8. The van der Waals surface area contributed by atoms with E-state index in [-0.39, 0.29) is 24.5 Å². The molecule has 1 aromatic carbocycles. The Morgan fingerprint density at radius 2 is 1.96 bits per heavy atom. The summed E-state index contributed by atoms with van der Waals surface area (Å²) in [4.78, 5) is 37.2. The average Bonchev–Trinajstić information content (AvgIpc) is 3.14. The van der Waals surface area contributed by atoms with Gasteiger partial charge in [-0.1, -0.05) is 0 Å². The lowest BCUT2D eigenvalue weighted by atomic mass is 10.0. The van der Waals surface area contributed by atoms with Gasteiger partial charge in [0.25, 0.3) is 0 Å². The van der Waals surface area contributed by atoms with Crippen LogP contribution < -0.4 is 9.47 Å². The molecule has 1 aliphatic rings. The fourth-order valence-electron chi connectivity index (χ4n) is 3.13. The van der Waals surface area contributed by atoms with Gasteiger partial charge in [-0.05, 0) is 31.0 Å². The summed E-state index contributed by atoms with van der Waals surface area (Å²) >= 11 is 0. The normalized spacial score (nSPS) is 17.7. The number of aliphatic hydroxyl groups is 1. The lowest BCUT2D eigenvalue weighted by Crippen LogP contribution is -2.46. The second-order valence-electron chi connectivity index (χ2n) is 6.07. The van der Waals surface area contributed by atoms with Gasteiger partial charge in [-0.25, -0.2) is 4.79 Å². The molecule has 2 atom stereocenters. The highest BCUT2D eigenvalue weighted by Crippen LogP contribution is 2.26. The number of carboxylic acid groups (broad SMARTS) is 1. The second kappa shape index (κ2) is 8.66. The Morgan fingerprint density at radius 1 is 1.23 bits per heavy atom. The van der Waals surface area contributed by atoms with Crippen LogP contribution in [0.2, 0.25) is 0 Å². The maximum atomic E-state index is 12.5. The van der Waals surface area contributed by atoms with E-state index >= 15 is 0 Å². The van der Waals surface area contributed by atoms with E-state index in [2.05, 4.69) is 0 Å². The molecule has 0 aliphatic carbocycles. The van der Waals surface area contributed by atoms with Gasteiger partial charge in [0.2, 0.25) is 5.91 Å². The summed E-state index contributed by atoms with van der Waals surface area (Å²) in [5.41, 5.74) is 0.322. The van der Waals surface area contributed by atoms with Gasteiger partial charge >= 0.3 is 5.97 Å². The maximum absolute atomic E-state index is 12.5. The van der Waals surface area contributed by atoms with Crippen LogP contribution >= 0.6 is 0 Å². The van der Waals surface area contributed by atoms with Crippen molar-refractivity contribution in [2.24, 2.45) is 0 Å². The molecule has 1 aliphatic heterocycles. The minimum atomic E-state index is -1.62. The molecule has 0 bridgehead atoms. The van der Waals surface area contributed by atoms with E-state index in [9.17, 15) is 19.5 Å². The van der Waals surface area contributed by atoms with Crippen LogP contribution in [-0.2, 0) is 9.59 Å². The summed E-state index contributed by atoms with van der Waals surface area (Å²) in [5, 5.41) is 18.7. The molecule has 1 amide bonds. The minimum absolute atomic E-state index is 0.0469. The van der Waals surface area contributed by atoms with E-state index in [1.165, 1.54) is 19.1 Å². The molecule has 0 spiro atoms. The van der Waals surface area contributed by atoms with Crippen LogP contribution in [-0.4, -0.2) is 65.7 Å². The second-order valence-corrected chi connectivity index (χ2v) is 6.07. The number of likely N-dealkylation sites (tertiary alicyclic amines) is 1. The van der Waals surface area contributed by atoms with Gasteiger partial charge in [-0.2, -0.15) is 0 Å². The molecule has 0 radical (unpaired) electrons. The van der Waals surface area contributed by atoms with Gasteiger partial charge in [0.05, 0.1) is 25.8 Å². The first-order valence-electron chi connectivity index (χ1n) is 8.34. The number of methoxy groups -OCH3 is 2. The largest absolute Gasteiger partial charge is 0.497 e. The number of ether oxygens (including phenoxy) is 2. The molecule has 1 aromatic rings. The predicted octanol–water partition coefficient (Wildman–Crippen LogP) is 1.10. The van der Waals surface area contributed by atoms with Crippen molar-refractivity contribution in [3.63, 3.8) is 0 Å². The first-order valence-corrected chi connectivity index (χ1v) is 8.34. The fourth-order valence-corrected chi connectivity index (χ4v) is 3.13. The van der Waals surface area contributed by atoms with Crippen molar-refractivity contribution in [1.29, 1.82) is 0 Å². The third kappa shape index (κ3) is 4.32. The van der Waals surface area contributed by atoms with Crippen molar-refractivity contribution in [3.8, 4) is 11.5 Å². The molecule has 142 valence electrons. The molecule has 26 heavy (non-hydrogen) atoms. The number of carbonyl (C=O) groups is 3. The quantitative estimate of drug-likeness (QED) is 0.663. The van der Waals surface area contributed by atoms with Gasteiger partial charge in [-0.15, -0.1) is 0 Å². The van der Waals surface area contributed by atoms with Crippen LogP contribution in [0.5, 0.6) is 11.5 Å². The van der Waals surface area contributed by atoms with Gasteiger partial charge in [0, 0.05) is 19.4 Å². The molecular weight excluding hydrogens is 342 g/mol. The summed E-state index contributed by atoms with van der Waals surface area (Å²) in [7, 11) is 2.94. The number of aliphatic carboxylic acids is 1. The first-order chi connectivity index (χ1) is 12.4. The topological polar surface area (TPSA) is 113 Å². The molecule has 1 saturated heterocycles. The number of amides is 1. The molecule has 8 nitrogen and oxygen atoms in total. The Labute approximate surface area is 151 Å². The van der Waals surface area contributed by atoms with Crippen molar-refractivity contribution < 1.29 is 34.1 Å². The summed E-state index contributed by atoms with van der Waals surface area (Å²) in [6, 6.07) is 4.09. The summed E-state index contributed by atoms with van der Waals surface area (Å²) in [5.74, 6) is -1.08. The van der Waals surface area contributed by atoms with Crippen LogP contribution in [0, 0.1) is 0 Å². The number of rotatable bonds is 8. The lowest BCUT2D eigenvalue weighted by Gasteiger charge is -2.26. The Balaban J connectivity index is 2.03. The van der Waals surface area contributed by atoms with Crippen LogP contribution in [0.25, 0.3) is 0 Å². The van der Waals surface area contributed by atoms with Crippen LogP contribution in [0.4, 0.5) is 0 Å². The highest BCUT2D eigenvalue weighted by Gasteiger charge is 2.37. The SMILES string of the molecule is COc1ccc(OC)c(C(=O)CCC(=O)N2CCC[C@H]2[C@@H](O)C(=O)O)c1. The molecule has 2 rings (SSSR count). The predicted molar refractivity (Wildman–Crippen MR) is 91.5 cm³/mol. The maximum Gasteiger partial charge on any atom is 0.334 e. The summed E-state index contributed by atoms with van der Waals surface area (Å²) < 4.78 is 10.3. The molecule has 1 fully saturated rings. The van der Waals surface area contributed by atoms with E-state index < -0.39 is 18.1 Å². The zero-order valence-electron chi connectivity index (χ0n) is 14.8. The standard InChI is InChI=1S/C18H23NO7/c1-25-11-5-7-15(26-2)12(10-11)14(20)6-8-16(21)19-9-3-4-13(19)17(22)18(23)24/h5,7,10,13,17,22H,3-4,6,8-9H2,1-2H3,(H,23,24)/t13-,17+/m0/s1. The Hall–Kier alpha value is -2.61. The number of ketones is 1. The first kappa shape index (κ1) is 19.7. The van der Waals surface area contributed by atoms with Gasteiger partial charge in [0.15, 0.2) is 11.9 Å². The highest BCUT2D eigenvalue weighted by atomic mass is 16.5. The monoisotopic (exact) mass is 365 g/mol. The summed E-state index contributed by atoms with van der Waals surface area (Å²) in [6.07, 6.45) is -0.679. The lowest BCUT2D eigenvalue weighted by molar-refractivity contribution is -0.151. The number of nitrogens with zero attached hydrogens (tertiary/aromatic N) is 1. The van der Waals surface area contributed by atoms with E-state index in [1.807, 2.05) is 0 Å². The molecule has 8 heteroatoms. The third-order valence-electron chi connectivity index (χ3n) is 4.51. The molecule has 0 saturated carbocycles. The van der Waals surface area contributed by atoms with Crippen LogP contribution in [0.3, 0.4) is 0 Å². The van der Waals surface area contributed by atoms with Crippen LogP contribution in [0.1, 0.15) is 36.0 Å². The number of Topliss-reactive ketones (excluding diaryl/α,β-unsaturated/α-hetero) is 1. The third-order valence-corrected chi connectivity index (χ3v) is 4.51. The Morgan fingerprint density at radius 3 is 2.58 bits per heavy atom. The Bertz CT molecular complexity index is 688. The minimum Gasteiger partial charge on any atom is -0.497 e. The van der Waals surface area contributed by atoms with Crippen molar-refractivity contribution in [1.82, 2.24) is 4.90 Å². The van der Waals surface area contributed by atoms with Crippen molar-refractivity contribution in [2.75, 3.05) is 20.8 Å². The molecule has 0 unspecified atom stereocenters. The molecule has 0 aromatic heterocycles. The highest BCUT2D eigenvalue weighted by molar-refractivity contribution is 6.00. The van der Waals surface area contributed by atoms with E-state index in [0.29, 0.717) is 36.4 Å². The van der Waals surface area contributed by atoms with E-state index in [1.54, 1.807) is 18.2 Å². The summed E-state index contributed by atoms with van der Waals surface area (Å²) in [6.45, 7) is 0.379. The van der Waals surface area contributed by atoms with E-state index in [0.717, 1.165) is 0 Å². The van der Waals surface area contributed by atoms with Crippen molar-refractivity contribution in [2.45, 2.75) is 37.8 Å². The number of hydrogen-bond acceptors (Lipinski definition) is 6. The number of hydrogen-bond donors (Lipinski definition) is 2. The molecule has 1 heterocycles. The number of benzene rings is 1. The molecular formula is C18H23NO7. The van der Waals surface area contributed by atoms with Crippen molar-refractivity contribution >= 4 is 17.7 Å². The fraction of sp³-hybridized carbons (Fsp3) is 0.500. The van der Waals surface area contributed by atoms with E-state index in [4.69, 9.17) is 14.6 Å². The number of aliphatic hydroxyl groups excluding tert-OH is 1. The van der Waals surface area contributed by atoms with Gasteiger partial charge in [0.1, 0.15) is 11.5 Å². The number of carbonyl (C=O) groups excluding carboxylic acids is 2. The van der Waals surface area contributed by atoms with Gasteiger partial charge < -0.3 is 24.6 Å². The molecule has 2 N–H and O–H groups in total. The van der Waals surface area contributed by atoms with Crippen LogP contribution in [0.15, 0.2) is 18.2 Å². The van der Waals surface area contributed by atoms with Crippen molar-refractivity contribution in [3.05, 3.63) is 23.8 Å². The average molecular weight is 365 g/mol. The smallest absolute Gasteiger partial charge is 0.334 e. The van der Waals surface area contributed by atoms with Gasteiger partial charge in [-0.3, -0.25) is 9.59 Å². The zero-order chi connectivity index (χ0) is 19.3. The Kier molecular flexibility index (Phi) is 6.57.